The molecule has 116 valence electrons. The van der Waals surface area contributed by atoms with Crippen molar-refractivity contribution in [3.8, 4) is 0 Å². The molecular formula is C16H29NO3. The summed E-state index contributed by atoms with van der Waals surface area (Å²) < 4.78 is 16.6. The van der Waals surface area contributed by atoms with Crippen LogP contribution in [0.4, 0.5) is 0 Å². The molecule has 20 heavy (non-hydrogen) atoms. The van der Waals surface area contributed by atoms with Crippen LogP contribution in [0.15, 0.2) is 16.7 Å². The summed E-state index contributed by atoms with van der Waals surface area (Å²) >= 11 is 0. The maximum atomic E-state index is 5.62. The summed E-state index contributed by atoms with van der Waals surface area (Å²) in [7, 11) is 0. The molecule has 1 aromatic heterocycles. The molecule has 1 rings (SSSR count). The van der Waals surface area contributed by atoms with Crippen molar-refractivity contribution >= 4 is 0 Å². The van der Waals surface area contributed by atoms with Crippen LogP contribution in [0.5, 0.6) is 0 Å². The molecule has 0 aromatic carbocycles. The second-order valence-corrected chi connectivity index (χ2v) is 5.92. The monoisotopic (exact) mass is 283 g/mol. The van der Waals surface area contributed by atoms with Crippen LogP contribution in [-0.4, -0.2) is 26.4 Å². The van der Waals surface area contributed by atoms with Gasteiger partial charge in [-0.15, -0.1) is 0 Å². The average Bonchev–Trinajstić information content (AvgIpc) is 2.80. The normalized spacial score (nSPS) is 11.7. The van der Waals surface area contributed by atoms with E-state index in [0.717, 1.165) is 31.0 Å². The summed E-state index contributed by atoms with van der Waals surface area (Å²) in [5, 5.41) is 3.38. The molecule has 0 saturated heterocycles. The number of furan rings is 1. The van der Waals surface area contributed by atoms with Crippen LogP contribution in [-0.2, 0) is 22.6 Å². The third-order valence-corrected chi connectivity index (χ3v) is 2.76. The Morgan fingerprint density at radius 2 is 1.85 bits per heavy atom. The van der Waals surface area contributed by atoms with Gasteiger partial charge in [0.05, 0.1) is 32.6 Å². The van der Waals surface area contributed by atoms with E-state index in [1.54, 1.807) is 6.26 Å². The molecule has 0 bridgehead atoms. The summed E-state index contributed by atoms with van der Waals surface area (Å²) in [5.41, 5.74) is 1.12. The van der Waals surface area contributed by atoms with E-state index in [4.69, 9.17) is 13.9 Å². The Kier molecular flexibility index (Phi) is 8.58. The molecule has 1 N–H and O–H groups in total. The lowest BCUT2D eigenvalue weighted by molar-refractivity contribution is 0.0310. The number of ether oxygens (including phenoxy) is 2. The van der Waals surface area contributed by atoms with Gasteiger partial charge in [-0.2, -0.15) is 0 Å². The van der Waals surface area contributed by atoms with Crippen LogP contribution in [0.3, 0.4) is 0 Å². The van der Waals surface area contributed by atoms with Crippen LogP contribution < -0.4 is 5.32 Å². The molecule has 1 heterocycles. The third kappa shape index (κ3) is 7.68. The fourth-order valence-electron chi connectivity index (χ4n) is 1.74. The Hall–Kier alpha value is -0.840. The second-order valence-electron chi connectivity index (χ2n) is 5.92. The van der Waals surface area contributed by atoms with E-state index in [1.165, 1.54) is 0 Å². The lowest BCUT2D eigenvalue weighted by atomic mass is 10.2. The van der Waals surface area contributed by atoms with E-state index in [2.05, 4.69) is 33.0 Å². The zero-order valence-corrected chi connectivity index (χ0v) is 13.3. The number of nitrogens with one attached hydrogen (secondary N) is 1. The molecule has 0 unspecified atom stereocenters. The van der Waals surface area contributed by atoms with Gasteiger partial charge in [0.15, 0.2) is 0 Å². The van der Waals surface area contributed by atoms with E-state index in [-0.39, 0.29) is 0 Å². The molecule has 4 nitrogen and oxygen atoms in total. The molecule has 0 saturated carbocycles. The summed E-state index contributed by atoms with van der Waals surface area (Å²) in [6.45, 7) is 13.1. The Balaban J connectivity index is 2.15. The van der Waals surface area contributed by atoms with Crippen molar-refractivity contribution in [3.63, 3.8) is 0 Å². The first-order valence-electron chi connectivity index (χ1n) is 7.51. The zero-order valence-electron chi connectivity index (χ0n) is 13.3. The van der Waals surface area contributed by atoms with Crippen molar-refractivity contribution in [2.24, 2.45) is 11.8 Å². The first kappa shape index (κ1) is 17.2. The van der Waals surface area contributed by atoms with E-state index >= 15 is 0 Å². The average molecular weight is 283 g/mol. The fraction of sp³-hybridized carbons (Fsp3) is 0.750. The van der Waals surface area contributed by atoms with Crippen LogP contribution >= 0.6 is 0 Å². The van der Waals surface area contributed by atoms with E-state index < -0.39 is 0 Å². The van der Waals surface area contributed by atoms with Gasteiger partial charge in [0.1, 0.15) is 5.76 Å². The predicted molar refractivity (Wildman–Crippen MR) is 80.6 cm³/mol. The van der Waals surface area contributed by atoms with Gasteiger partial charge in [-0.1, -0.05) is 27.7 Å². The second kappa shape index (κ2) is 9.97. The quantitative estimate of drug-likeness (QED) is 0.633. The van der Waals surface area contributed by atoms with Gasteiger partial charge in [-0.05, 0) is 24.4 Å². The minimum atomic E-state index is 0.572. The lowest BCUT2D eigenvalue weighted by Crippen LogP contribution is -2.19. The molecule has 0 atom stereocenters. The lowest BCUT2D eigenvalue weighted by Gasteiger charge is -2.09. The van der Waals surface area contributed by atoms with E-state index in [9.17, 15) is 0 Å². The van der Waals surface area contributed by atoms with Crippen LogP contribution in [0.25, 0.3) is 0 Å². The fourth-order valence-corrected chi connectivity index (χ4v) is 1.74. The molecule has 0 radical (unpaired) electrons. The smallest absolute Gasteiger partial charge is 0.123 e. The third-order valence-electron chi connectivity index (χ3n) is 2.76. The van der Waals surface area contributed by atoms with E-state index in [1.807, 2.05) is 6.07 Å². The highest BCUT2D eigenvalue weighted by molar-refractivity contribution is 5.15. The highest BCUT2D eigenvalue weighted by Gasteiger charge is 2.06. The number of hydrogen-bond acceptors (Lipinski definition) is 4. The standard InChI is InChI=1S/C16H29NO3/c1-13(2)9-17-10-16-15(5-6-20-16)12-19-8-7-18-11-14(3)4/h5-6,13-14,17H,7-12H2,1-4H3. The summed E-state index contributed by atoms with van der Waals surface area (Å²) in [5.74, 6) is 2.18. The molecule has 0 spiro atoms. The van der Waals surface area contributed by atoms with Gasteiger partial charge < -0.3 is 19.2 Å². The van der Waals surface area contributed by atoms with Crippen molar-refractivity contribution in [3.05, 3.63) is 23.7 Å². The van der Waals surface area contributed by atoms with Gasteiger partial charge in [-0.3, -0.25) is 0 Å². The Labute approximate surface area is 122 Å². The summed E-state index contributed by atoms with van der Waals surface area (Å²) in [6.07, 6.45) is 1.72. The van der Waals surface area contributed by atoms with Gasteiger partial charge in [-0.25, -0.2) is 0 Å². The van der Waals surface area contributed by atoms with Gasteiger partial charge in [0.2, 0.25) is 0 Å². The van der Waals surface area contributed by atoms with Crippen molar-refractivity contribution in [2.45, 2.75) is 40.8 Å². The maximum Gasteiger partial charge on any atom is 0.123 e. The Bertz CT molecular complexity index is 347. The van der Waals surface area contributed by atoms with Crippen molar-refractivity contribution in [1.82, 2.24) is 5.32 Å². The van der Waals surface area contributed by atoms with Crippen LogP contribution in [0.2, 0.25) is 0 Å². The van der Waals surface area contributed by atoms with Crippen LogP contribution in [0, 0.1) is 11.8 Å². The van der Waals surface area contributed by atoms with Crippen LogP contribution in [0.1, 0.15) is 39.0 Å². The Morgan fingerprint density at radius 1 is 1.10 bits per heavy atom. The van der Waals surface area contributed by atoms with Gasteiger partial charge in [0, 0.05) is 12.2 Å². The summed E-state index contributed by atoms with van der Waals surface area (Å²) in [6, 6.07) is 1.97. The topological polar surface area (TPSA) is 43.6 Å². The van der Waals surface area contributed by atoms with Crippen molar-refractivity contribution in [2.75, 3.05) is 26.4 Å². The minimum absolute atomic E-state index is 0.572. The minimum Gasteiger partial charge on any atom is -0.468 e. The highest BCUT2D eigenvalue weighted by atomic mass is 16.5. The molecule has 1 aromatic rings. The predicted octanol–water partition coefficient (Wildman–Crippen LogP) is 3.21. The van der Waals surface area contributed by atoms with Gasteiger partial charge in [0.25, 0.3) is 0 Å². The summed E-state index contributed by atoms with van der Waals surface area (Å²) in [4.78, 5) is 0. The highest BCUT2D eigenvalue weighted by Crippen LogP contribution is 2.11. The molecule has 0 aliphatic carbocycles. The zero-order chi connectivity index (χ0) is 14.8. The molecule has 0 fully saturated rings. The number of hydrogen-bond donors (Lipinski definition) is 1. The SMILES string of the molecule is CC(C)CNCc1occc1COCCOCC(C)C. The van der Waals surface area contributed by atoms with Gasteiger partial charge >= 0.3 is 0 Å². The van der Waals surface area contributed by atoms with Crippen molar-refractivity contribution < 1.29 is 13.9 Å². The number of rotatable bonds is 11. The first-order chi connectivity index (χ1) is 9.59. The molecule has 0 aliphatic heterocycles. The molecule has 4 heteroatoms. The van der Waals surface area contributed by atoms with Crippen molar-refractivity contribution in [1.29, 1.82) is 0 Å². The molecular weight excluding hydrogens is 254 g/mol. The maximum absolute atomic E-state index is 5.62. The Morgan fingerprint density at radius 3 is 2.55 bits per heavy atom. The molecule has 0 aliphatic rings. The largest absolute Gasteiger partial charge is 0.468 e. The molecule has 0 amide bonds. The van der Waals surface area contributed by atoms with E-state index in [0.29, 0.717) is 31.7 Å². The first-order valence-corrected chi connectivity index (χ1v) is 7.51.